The molecule has 24 heteroatoms. The third-order valence-electron chi connectivity index (χ3n) is 24.2. The van der Waals surface area contributed by atoms with Crippen molar-refractivity contribution >= 4 is 47.4 Å². The van der Waals surface area contributed by atoms with Gasteiger partial charge in [-0.05, 0) is 193 Å². The van der Waals surface area contributed by atoms with Crippen LogP contribution in [0.5, 0.6) is 0 Å². The van der Waals surface area contributed by atoms with E-state index in [0.717, 1.165) is 86.5 Å². The van der Waals surface area contributed by atoms with Crippen molar-refractivity contribution in [2.24, 2.45) is 86.8 Å². The number of hydrogen-bond donors (Lipinski definition) is 5. The molecule has 0 aromatic heterocycles. The standard InChI is InChI=1S/C56H88O20S4/c1-28(35-13-15-37-33-23-42(72-77(59,60)61)47-30(3)49(57)44(74-79(65,66)67)26-54(47,9)39(33)18-20-52(35,37)7)12-17-46-56(11)25-32(51(5,6)76-56)22-41(71-46)29(2)36-14-16-38-34-24-43(73-78(62,63)64)48-31(4)50(58)45(75-80(68,69)70)27-55(48,10)40(34)19-21-53(36,38)8/h28-32,35-38,41-48,50,58H,12-27H2,1-11H3,(H,59,60,61)(H,62,63,64)(H,65,66,67)(H,68,69,70)/t28-,29+,30-,31-,32+,35-,36-,37+,38-,41-,42+,43+,44+,45+,46+,47-,48+,50-,52-,53-,54-,55-,56+/m1/s1. The number of ether oxygens (including phenoxy) is 2. The lowest BCUT2D eigenvalue weighted by atomic mass is 9.47. The highest BCUT2D eigenvalue weighted by molar-refractivity contribution is 7.81. The Kier molecular flexibility index (Phi) is 15.6. The lowest BCUT2D eigenvalue weighted by Gasteiger charge is -2.59. The molecule has 6 fully saturated rings. The summed E-state index contributed by atoms with van der Waals surface area (Å²) < 4.78 is 173. The maximum Gasteiger partial charge on any atom is 0.398 e. The highest BCUT2D eigenvalue weighted by atomic mass is 32.3. The molecule has 20 nitrogen and oxygen atoms in total. The number of Topliss-reactive ketones (excluding diaryl/α,β-unsaturated/α-hetero) is 1. The molecule has 0 spiro atoms. The fourth-order valence-corrected chi connectivity index (χ4v) is 23.1. The number of aliphatic hydroxyl groups is 1. The van der Waals surface area contributed by atoms with E-state index in [9.17, 15) is 61.8 Å². The van der Waals surface area contributed by atoms with Crippen LogP contribution in [0, 0.1) is 86.8 Å². The van der Waals surface area contributed by atoms with E-state index in [4.69, 9.17) is 26.2 Å². The molecule has 2 bridgehead atoms. The predicted octanol–water partition coefficient (Wildman–Crippen LogP) is 8.83. The van der Waals surface area contributed by atoms with E-state index in [1.165, 1.54) is 0 Å². The lowest BCUT2D eigenvalue weighted by molar-refractivity contribution is -0.200. The zero-order chi connectivity index (χ0) is 58.8. The second-order valence-corrected chi connectivity index (χ2v) is 32.9. The van der Waals surface area contributed by atoms with Crippen molar-refractivity contribution in [3.05, 3.63) is 22.3 Å². The van der Waals surface area contributed by atoms with Gasteiger partial charge in [-0.3, -0.25) is 23.0 Å². The molecular formula is C56H88O20S4. The summed E-state index contributed by atoms with van der Waals surface area (Å²) in [6.07, 6.45) is 3.40. The zero-order valence-corrected chi connectivity index (χ0v) is 51.5. The maximum atomic E-state index is 13.6. The Bertz CT molecular complexity index is 3020. The van der Waals surface area contributed by atoms with Crippen LogP contribution in [0.25, 0.3) is 0 Å². The SMILES string of the molecule is C[C@H]1[C@@H](O)[C@@H](OS(=O)(=O)O)C[C@]2(C)C3=C(C[C@H](OS(=O)(=O)O)[C@H]12)[C@H]1CC[C@H]([C@H](C)[C@H]2C[C@H]4C[C@](C)(OC4(C)C)[C@H](CC[C@@H](C)[C@H]4CC[C@H]5C6=C(CC[C@]45C)[C@@]4(C)C[C@H](OS(=O)(=O)O)C(=O)[C@H](C)[C@@H]4[C@@H](OS(=O)(=O)O)C6)O2)[C@@]1(C)CC3. The molecule has 2 aliphatic heterocycles. The molecule has 2 saturated heterocycles. The molecule has 2 heterocycles. The largest absolute Gasteiger partial charge is 0.398 e. The number of hydrogen-bond acceptors (Lipinski definition) is 16. The number of carbonyl (C=O) groups excluding carboxylic acids is 1. The summed E-state index contributed by atoms with van der Waals surface area (Å²) in [7, 11) is -19.8. The van der Waals surface area contributed by atoms with Gasteiger partial charge in [0.2, 0.25) is 0 Å². The van der Waals surface area contributed by atoms with Gasteiger partial charge in [-0.1, -0.05) is 77.7 Å². The Labute approximate surface area is 474 Å². The van der Waals surface area contributed by atoms with Crippen molar-refractivity contribution in [2.45, 2.75) is 233 Å². The van der Waals surface area contributed by atoms with Crippen LogP contribution in [0.3, 0.4) is 0 Å². The highest BCUT2D eigenvalue weighted by Crippen LogP contribution is 2.70. The molecule has 0 amide bonds. The van der Waals surface area contributed by atoms with E-state index in [-0.39, 0.29) is 90.1 Å². The van der Waals surface area contributed by atoms with E-state index < -0.39 is 124 Å². The van der Waals surface area contributed by atoms with Gasteiger partial charge in [0.15, 0.2) is 5.78 Å². The zero-order valence-electron chi connectivity index (χ0n) is 48.2. The molecule has 0 aromatic carbocycles. The van der Waals surface area contributed by atoms with Gasteiger partial charge in [0.05, 0.1) is 41.7 Å². The van der Waals surface area contributed by atoms with Gasteiger partial charge in [0.1, 0.15) is 12.2 Å². The van der Waals surface area contributed by atoms with Crippen molar-refractivity contribution in [1.82, 2.24) is 0 Å². The van der Waals surface area contributed by atoms with E-state index in [1.807, 2.05) is 13.8 Å². The van der Waals surface area contributed by atoms with Gasteiger partial charge in [0.25, 0.3) is 0 Å². The number of fused-ring (bicyclic) bond motifs is 10. The molecule has 8 aliphatic carbocycles. The van der Waals surface area contributed by atoms with Gasteiger partial charge in [0, 0.05) is 17.8 Å². The molecular weight excluding hydrogens is 1120 g/mol. The third-order valence-corrected chi connectivity index (χ3v) is 26.2. The van der Waals surface area contributed by atoms with Gasteiger partial charge in [-0.2, -0.15) is 33.7 Å². The van der Waals surface area contributed by atoms with Crippen molar-refractivity contribution < 1.29 is 88.0 Å². The minimum Gasteiger partial charge on any atom is -0.390 e. The molecule has 0 unspecified atom stereocenters. The fraction of sp³-hybridized carbons (Fsp3) is 0.911. The Morgan fingerprint density at radius 1 is 0.637 bits per heavy atom. The summed E-state index contributed by atoms with van der Waals surface area (Å²) in [6.45, 7) is 23.0. The molecule has 23 atom stereocenters. The monoisotopic (exact) mass is 1210 g/mol. The Balaban J connectivity index is 0.888. The van der Waals surface area contributed by atoms with Crippen LogP contribution < -0.4 is 0 Å². The predicted molar refractivity (Wildman–Crippen MR) is 290 cm³/mol. The normalized spacial score (nSPS) is 47.3. The second-order valence-electron chi connectivity index (χ2n) is 28.7. The van der Waals surface area contributed by atoms with Gasteiger partial charge < -0.3 is 14.6 Å². The number of rotatable bonds is 14. The van der Waals surface area contributed by atoms with E-state index >= 15 is 0 Å². The summed E-state index contributed by atoms with van der Waals surface area (Å²) in [6, 6.07) is 0. The van der Waals surface area contributed by atoms with Crippen LogP contribution in [0.15, 0.2) is 22.3 Å². The molecule has 10 aliphatic rings. The topological polar surface area (TPSA) is 310 Å². The molecule has 4 saturated carbocycles. The van der Waals surface area contributed by atoms with Crippen LogP contribution >= 0.6 is 0 Å². The summed E-state index contributed by atoms with van der Waals surface area (Å²) in [5, 5.41) is 11.4. The molecule has 0 radical (unpaired) electrons. The maximum absolute atomic E-state index is 13.6. The van der Waals surface area contributed by atoms with Crippen LogP contribution in [-0.4, -0.2) is 117 Å². The van der Waals surface area contributed by atoms with E-state index in [2.05, 4.69) is 48.5 Å². The van der Waals surface area contributed by atoms with Gasteiger partial charge >= 0.3 is 41.6 Å². The van der Waals surface area contributed by atoms with Crippen LogP contribution in [0.2, 0.25) is 0 Å². The Morgan fingerprint density at radius 3 is 1.66 bits per heavy atom. The van der Waals surface area contributed by atoms with Gasteiger partial charge in [-0.15, -0.1) is 0 Å². The minimum absolute atomic E-state index is 0.0106. The third kappa shape index (κ3) is 10.6. The lowest BCUT2D eigenvalue weighted by Crippen LogP contribution is -2.59. The van der Waals surface area contributed by atoms with Crippen molar-refractivity contribution in [2.75, 3.05) is 0 Å². The van der Waals surface area contributed by atoms with Crippen molar-refractivity contribution in [3.63, 3.8) is 0 Å². The van der Waals surface area contributed by atoms with Gasteiger partial charge in [-0.25, -0.2) is 16.7 Å². The van der Waals surface area contributed by atoms with Crippen LogP contribution in [-0.2, 0) is 72.6 Å². The summed E-state index contributed by atoms with van der Waals surface area (Å²) >= 11 is 0. The number of ketones is 1. The first-order valence-corrected chi connectivity index (χ1v) is 34.7. The first-order chi connectivity index (χ1) is 36.6. The highest BCUT2D eigenvalue weighted by Gasteiger charge is 2.66. The van der Waals surface area contributed by atoms with E-state index in [1.54, 1.807) is 13.8 Å². The van der Waals surface area contributed by atoms with Crippen LogP contribution in [0.1, 0.15) is 179 Å². The fourth-order valence-electron chi connectivity index (χ4n) is 21.1. The molecule has 456 valence electrons. The summed E-state index contributed by atoms with van der Waals surface area (Å²) in [5.74, 6) is -2.39. The molecule has 80 heavy (non-hydrogen) atoms. The number of aliphatic hydroxyl groups excluding tert-OH is 1. The Hall–Kier alpha value is -1.49. The first-order valence-electron chi connectivity index (χ1n) is 29.3. The second kappa shape index (κ2) is 20.3. The van der Waals surface area contributed by atoms with E-state index in [0.29, 0.717) is 12.8 Å². The van der Waals surface area contributed by atoms with Crippen molar-refractivity contribution in [1.29, 1.82) is 0 Å². The first kappa shape index (κ1) is 61.6. The number of allylic oxidation sites excluding steroid dienone is 2. The quantitative estimate of drug-likeness (QED) is 0.0801. The van der Waals surface area contributed by atoms with Crippen LogP contribution in [0.4, 0.5) is 0 Å². The molecule has 5 N–H and O–H groups in total. The molecule has 0 aromatic rings. The minimum atomic E-state index is -5.00. The number of carbonyl (C=O) groups is 1. The van der Waals surface area contributed by atoms with Crippen molar-refractivity contribution in [3.8, 4) is 0 Å². The average Bonchev–Trinajstić information content (AvgIpc) is 3.03. The smallest absolute Gasteiger partial charge is 0.390 e. The average molecular weight is 1210 g/mol. The summed E-state index contributed by atoms with van der Waals surface area (Å²) in [4.78, 5) is 13.6. The Morgan fingerprint density at radius 2 is 1.12 bits per heavy atom. The molecule has 10 rings (SSSR count). The summed E-state index contributed by atoms with van der Waals surface area (Å²) in [5.41, 5.74) is 1.03.